The lowest BCUT2D eigenvalue weighted by atomic mass is 10.0. The number of para-hydroxylation sites is 1. The molecule has 1 N–H and O–H groups in total. The number of tetrazole rings is 1. The van der Waals surface area contributed by atoms with Crippen molar-refractivity contribution >= 4 is 16.7 Å². The van der Waals surface area contributed by atoms with Crippen molar-refractivity contribution in [2.24, 2.45) is 0 Å². The zero-order chi connectivity index (χ0) is 16.4. The molecule has 5 nitrogen and oxygen atoms in total. The lowest BCUT2D eigenvalue weighted by Crippen LogP contribution is -2.11. The molecule has 24 heavy (non-hydrogen) atoms. The highest BCUT2D eigenvalue weighted by atomic mass is 15.6. The number of hydrogen-bond acceptors (Lipinski definition) is 4. The average molecular weight is 315 g/mol. The number of benzene rings is 3. The summed E-state index contributed by atoms with van der Waals surface area (Å²) in [6.07, 6.45) is 0. The summed E-state index contributed by atoms with van der Waals surface area (Å²) >= 11 is 0. The van der Waals surface area contributed by atoms with Gasteiger partial charge in [0.2, 0.25) is 5.95 Å². The minimum absolute atomic E-state index is 0.0862. The molecule has 1 heterocycles. The molecule has 0 saturated heterocycles. The first kappa shape index (κ1) is 14.4. The van der Waals surface area contributed by atoms with Crippen LogP contribution in [0, 0.1) is 0 Å². The molecule has 0 unspecified atom stereocenters. The van der Waals surface area contributed by atoms with Crippen LogP contribution >= 0.6 is 0 Å². The van der Waals surface area contributed by atoms with E-state index in [1.54, 1.807) is 4.68 Å². The second-order valence-corrected chi connectivity index (χ2v) is 5.72. The summed E-state index contributed by atoms with van der Waals surface area (Å²) < 4.78 is 1.71. The molecule has 0 amide bonds. The van der Waals surface area contributed by atoms with Crippen molar-refractivity contribution in [3.8, 4) is 5.69 Å². The van der Waals surface area contributed by atoms with E-state index in [0.717, 1.165) is 5.69 Å². The highest BCUT2D eigenvalue weighted by molar-refractivity contribution is 5.83. The van der Waals surface area contributed by atoms with Gasteiger partial charge >= 0.3 is 0 Å². The number of aromatic nitrogens is 4. The Hall–Kier alpha value is -3.21. The molecule has 3 aromatic carbocycles. The lowest BCUT2D eigenvalue weighted by Gasteiger charge is -2.15. The van der Waals surface area contributed by atoms with Gasteiger partial charge in [-0.25, -0.2) is 0 Å². The Morgan fingerprint density at radius 3 is 2.46 bits per heavy atom. The van der Waals surface area contributed by atoms with Crippen LogP contribution in [-0.2, 0) is 0 Å². The van der Waals surface area contributed by atoms with Crippen molar-refractivity contribution in [3.63, 3.8) is 0 Å². The van der Waals surface area contributed by atoms with Crippen LogP contribution < -0.4 is 5.32 Å². The fraction of sp³-hybridized carbons (Fsp3) is 0.105. The van der Waals surface area contributed by atoms with E-state index >= 15 is 0 Å². The summed E-state index contributed by atoms with van der Waals surface area (Å²) in [5.74, 6) is 0.627. The number of rotatable bonds is 4. The summed E-state index contributed by atoms with van der Waals surface area (Å²) in [5, 5.41) is 17.8. The van der Waals surface area contributed by atoms with E-state index in [4.69, 9.17) is 0 Å². The van der Waals surface area contributed by atoms with Crippen LogP contribution in [0.2, 0.25) is 0 Å². The van der Waals surface area contributed by atoms with Gasteiger partial charge in [0, 0.05) is 0 Å². The molecule has 0 radical (unpaired) electrons. The summed E-state index contributed by atoms with van der Waals surface area (Å²) in [4.78, 5) is 0. The Bertz CT molecular complexity index is 962. The fourth-order valence-electron chi connectivity index (χ4n) is 2.77. The molecule has 118 valence electrons. The first-order valence-corrected chi connectivity index (χ1v) is 7.90. The van der Waals surface area contributed by atoms with Gasteiger partial charge in [-0.1, -0.05) is 59.7 Å². The lowest BCUT2D eigenvalue weighted by molar-refractivity contribution is 0.781. The average Bonchev–Trinajstić information content (AvgIpc) is 3.10. The molecule has 0 saturated carbocycles. The normalized spacial score (nSPS) is 12.2. The maximum atomic E-state index is 4.11. The minimum atomic E-state index is 0.0862. The number of hydrogen-bond donors (Lipinski definition) is 1. The van der Waals surface area contributed by atoms with E-state index in [0.29, 0.717) is 5.95 Å². The van der Waals surface area contributed by atoms with Gasteiger partial charge in [-0.2, -0.15) is 4.68 Å². The Morgan fingerprint density at radius 1 is 0.875 bits per heavy atom. The SMILES string of the molecule is C[C@@H](Nc1nnnn1-c1ccccc1)c1ccc2ccccc2c1. The van der Waals surface area contributed by atoms with Crippen molar-refractivity contribution < 1.29 is 0 Å². The fourth-order valence-corrected chi connectivity index (χ4v) is 2.77. The maximum Gasteiger partial charge on any atom is 0.248 e. The zero-order valence-electron chi connectivity index (χ0n) is 13.3. The molecule has 0 spiro atoms. The smallest absolute Gasteiger partial charge is 0.248 e. The van der Waals surface area contributed by atoms with Crippen LogP contribution in [0.5, 0.6) is 0 Å². The monoisotopic (exact) mass is 315 g/mol. The van der Waals surface area contributed by atoms with Gasteiger partial charge in [0.1, 0.15) is 0 Å². The van der Waals surface area contributed by atoms with Gasteiger partial charge in [-0.05, 0) is 51.9 Å². The molecule has 0 aliphatic carbocycles. The van der Waals surface area contributed by atoms with Gasteiger partial charge in [0.15, 0.2) is 0 Å². The molecule has 1 atom stereocenters. The van der Waals surface area contributed by atoms with Crippen LogP contribution in [0.4, 0.5) is 5.95 Å². The minimum Gasteiger partial charge on any atom is -0.346 e. The Labute approximate surface area is 139 Å². The highest BCUT2D eigenvalue weighted by Gasteiger charge is 2.12. The van der Waals surface area contributed by atoms with E-state index in [9.17, 15) is 0 Å². The van der Waals surface area contributed by atoms with E-state index in [-0.39, 0.29) is 6.04 Å². The van der Waals surface area contributed by atoms with E-state index in [2.05, 4.69) is 70.2 Å². The molecule has 0 aliphatic rings. The van der Waals surface area contributed by atoms with Crippen molar-refractivity contribution in [1.29, 1.82) is 0 Å². The van der Waals surface area contributed by atoms with E-state index in [1.165, 1.54) is 16.3 Å². The molecule has 0 bridgehead atoms. The van der Waals surface area contributed by atoms with Gasteiger partial charge in [-0.15, -0.1) is 0 Å². The van der Waals surface area contributed by atoms with Crippen LogP contribution in [0.1, 0.15) is 18.5 Å². The molecule has 0 fully saturated rings. The molecule has 4 aromatic rings. The molecule has 1 aromatic heterocycles. The first-order chi connectivity index (χ1) is 11.8. The first-order valence-electron chi connectivity index (χ1n) is 7.90. The molecule has 4 rings (SSSR count). The van der Waals surface area contributed by atoms with E-state index < -0.39 is 0 Å². The van der Waals surface area contributed by atoms with Crippen LogP contribution in [0.3, 0.4) is 0 Å². The second-order valence-electron chi connectivity index (χ2n) is 5.72. The van der Waals surface area contributed by atoms with Crippen molar-refractivity contribution in [2.45, 2.75) is 13.0 Å². The standard InChI is InChI=1S/C19H17N5/c1-14(16-12-11-15-7-5-6-8-17(15)13-16)20-19-21-22-23-24(19)18-9-3-2-4-10-18/h2-14H,1H3,(H,20,21,23)/t14-/m1/s1. The van der Waals surface area contributed by atoms with Crippen molar-refractivity contribution in [3.05, 3.63) is 78.4 Å². The topological polar surface area (TPSA) is 55.6 Å². The van der Waals surface area contributed by atoms with Crippen LogP contribution in [0.25, 0.3) is 16.5 Å². The quantitative estimate of drug-likeness (QED) is 0.619. The predicted molar refractivity (Wildman–Crippen MR) is 95.1 cm³/mol. The molecular formula is C19H17N5. The van der Waals surface area contributed by atoms with Crippen LogP contribution in [0.15, 0.2) is 72.8 Å². The maximum absolute atomic E-state index is 4.11. The summed E-state index contributed by atoms with van der Waals surface area (Å²) in [6.45, 7) is 2.11. The van der Waals surface area contributed by atoms with Crippen molar-refractivity contribution in [1.82, 2.24) is 20.2 Å². The summed E-state index contributed by atoms with van der Waals surface area (Å²) in [6, 6.07) is 24.8. The number of fused-ring (bicyclic) bond motifs is 1. The highest BCUT2D eigenvalue weighted by Crippen LogP contribution is 2.23. The predicted octanol–water partition coefficient (Wildman–Crippen LogP) is 3.99. The van der Waals surface area contributed by atoms with Gasteiger partial charge in [0.25, 0.3) is 0 Å². The molecule has 0 aliphatic heterocycles. The Morgan fingerprint density at radius 2 is 1.62 bits per heavy atom. The zero-order valence-corrected chi connectivity index (χ0v) is 13.3. The Balaban J connectivity index is 1.62. The summed E-state index contributed by atoms with van der Waals surface area (Å²) in [5.41, 5.74) is 2.12. The third kappa shape index (κ3) is 2.72. The van der Waals surface area contributed by atoms with Crippen molar-refractivity contribution in [2.75, 3.05) is 5.32 Å². The Kier molecular flexibility index (Phi) is 3.67. The number of nitrogens with one attached hydrogen (secondary N) is 1. The number of anilines is 1. The number of nitrogens with zero attached hydrogens (tertiary/aromatic N) is 4. The molecular weight excluding hydrogens is 298 g/mol. The second kappa shape index (κ2) is 6.12. The van der Waals surface area contributed by atoms with E-state index in [1.807, 2.05) is 30.3 Å². The third-order valence-electron chi connectivity index (χ3n) is 4.09. The third-order valence-corrected chi connectivity index (χ3v) is 4.09. The largest absolute Gasteiger partial charge is 0.346 e. The van der Waals surface area contributed by atoms with Gasteiger partial charge < -0.3 is 5.32 Å². The van der Waals surface area contributed by atoms with Gasteiger partial charge in [0.05, 0.1) is 11.7 Å². The molecule has 5 heteroatoms. The van der Waals surface area contributed by atoms with Crippen LogP contribution in [-0.4, -0.2) is 20.2 Å². The summed E-state index contributed by atoms with van der Waals surface area (Å²) in [7, 11) is 0. The van der Waals surface area contributed by atoms with Gasteiger partial charge in [-0.3, -0.25) is 0 Å².